The van der Waals surface area contributed by atoms with Gasteiger partial charge in [0.25, 0.3) is 0 Å². The van der Waals surface area contributed by atoms with Crippen LogP contribution in [-0.2, 0) is 6.54 Å². The highest BCUT2D eigenvalue weighted by Gasteiger charge is 2.30. The number of imidazole rings is 1. The minimum Gasteiger partial charge on any atom is -0.304 e. The molecule has 0 radical (unpaired) electrons. The molecule has 0 aliphatic heterocycles. The van der Waals surface area contributed by atoms with Gasteiger partial charge in [0, 0.05) is 5.69 Å². The average Bonchev–Trinajstić information content (AvgIpc) is 2.53. The van der Waals surface area contributed by atoms with Crippen LogP contribution in [0.25, 0.3) is 11.2 Å². The molecule has 0 atom stereocenters. The van der Waals surface area contributed by atoms with Crippen LogP contribution in [0.4, 0.5) is 13.2 Å². The molecule has 0 amide bonds. The van der Waals surface area contributed by atoms with E-state index in [-0.39, 0.29) is 5.92 Å². The number of halogens is 3. The molecule has 0 fully saturated rings. The SMILES string of the molecule is Cc1nc2ccc(C(C)C)nc2n1CC(F)(F)F. The third kappa shape index (κ3) is 2.47. The first-order valence-corrected chi connectivity index (χ1v) is 5.68. The molecular formula is C12H14F3N3. The van der Waals surface area contributed by atoms with Gasteiger partial charge in [-0.1, -0.05) is 13.8 Å². The number of hydrogen-bond donors (Lipinski definition) is 0. The first kappa shape index (κ1) is 12.9. The second-order valence-corrected chi connectivity index (χ2v) is 4.59. The van der Waals surface area contributed by atoms with Crippen LogP contribution in [0, 0.1) is 6.92 Å². The third-order valence-corrected chi connectivity index (χ3v) is 2.73. The molecule has 98 valence electrons. The van der Waals surface area contributed by atoms with E-state index in [1.165, 1.54) is 0 Å². The summed E-state index contributed by atoms with van der Waals surface area (Å²) in [6.45, 7) is 4.41. The topological polar surface area (TPSA) is 30.7 Å². The first-order chi connectivity index (χ1) is 8.28. The predicted molar refractivity (Wildman–Crippen MR) is 62.4 cm³/mol. The zero-order chi connectivity index (χ0) is 13.5. The Kier molecular flexibility index (Phi) is 3.04. The van der Waals surface area contributed by atoms with Gasteiger partial charge in [-0.05, 0) is 25.0 Å². The standard InChI is InChI=1S/C12H14F3N3/c1-7(2)9-4-5-10-11(17-9)18(8(3)16-10)6-12(13,14)15/h4-5,7H,6H2,1-3H3. The van der Waals surface area contributed by atoms with Crippen LogP contribution in [0.2, 0.25) is 0 Å². The lowest BCUT2D eigenvalue weighted by molar-refractivity contribution is -0.140. The van der Waals surface area contributed by atoms with Crippen LogP contribution < -0.4 is 0 Å². The summed E-state index contributed by atoms with van der Waals surface area (Å²) in [6.07, 6.45) is -4.27. The van der Waals surface area contributed by atoms with E-state index in [9.17, 15) is 13.2 Å². The van der Waals surface area contributed by atoms with Crippen molar-refractivity contribution >= 4 is 11.2 Å². The zero-order valence-corrected chi connectivity index (χ0v) is 10.4. The maximum absolute atomic E-state index is 12.5. The number of hydrogen-bond acceptors (Lipinski definition) is 2. The van der Waals surface area contributed by atoms with E-state index in [4.69, 9.17) is 0 Å². The highest BCUT2D eigenvalue weighted by molar-refractivity contribution is 5.71. The maximum atomic E-state index is 12.5. The molecule has 0 saturated heterocycles. The molecule has 2 aromatic rings. The number of aromatic nitrogens is 3. The van der Waals surface area contributed by atoms with Gasteiger partial charge in [0.1, 0.15) is 17.9 Å². The van der Waals surface area contributed by atoms with E-state index in [0.717, 1.165) is 10.3 Å². The molecule has 6 heteroatoms. The summed E-state index contributed by atoms with van der Waals surface area (Å²) in [4.78, 5) is 8.38. The van der Waals surface area contributed by atoms with Crippen molar-refractivity contribution in [3.05, 3.63) is 23.7 Å². The Labute approximate surface area is 103 Å². The highest BCUT2D eigenvalue weighted by atomic mass is 19.4. The molecule has 3 nitrogen and oxygen atoms in total. The van der Waals surface area contributed by atoms with Crippen molar-refractivity contribution in [1.29, 1.82) is 0 Å². The summed E-state index contributed by atoms with van der Waals surface area (Å²) >= 11 is 0. The van der Waals surface area contributed by atoms with Crippen molar-refractivity contribution in [2.24, 2.45) is 0 Å². The quantitative estimate of drug-likeness (QED) is 0.825. The summed E-state index contributed by atoms with van der Waals surface area (Å²) in [5.74, 6) is 0.500. The summed E-state index contributed by atoms with van der Waals surface area (Å²) in [6, 6.07) is 3.52. The number of fused-ring (bicyclic) bond motifs is 1. The van der Waals surface area contributed by atoms with Crippen LogP contribution in [0.5, 0.6) is 0 Å². The van der Waals surface area contributed by atoms with Crippen molar-refractivity contribution in [2.75, 3.05) is 0 Å². The molecule has 18 heavy (non-hydrogen) atoms. The number of nitrogens with zero attached hydrogens (tertiary/aromatic N) is 3. The van der Waals surface area contributed by atoms with Crippen molar-refractivity contribution < 1.29 is 13.2 Å². The van der Waals surface area contributed by atoms with Gasteiger partial charge in [0.2, 0.25) is 0 Å². The van der Waals surface area contributed by atoms with Gasteiger partial charge in [0.05, 0.1) is 0 Å². The molecular weight excluding hydrogens is 243 g/mol. The largest absolute Gasteiger partial charge is 0.406 e. The summed E-state index contributed by atoms with van der Waals surface area (Å²) in [5.41, 5.74) is 1.57. The lowest BCUT2D eigenvalue weighted by Crippen LogP contribution is -2.19. The Hall–Kier alpha value is -1.59. The highest BCUT2D eigenvalue weighted by Crippen LogP contribution is 2.23. The molecule has 0 unspecified atom stereocenters. The number of pyridine rings is 1. The Morgan fingerprint density at radius 1 is 1.22 bits per heavy atom. The van der Waals surface area contributed by atoms with Gasteiger partial charge in [-0.2, -0.15) is 13.2 Å². The molecule has 2 rings (SSSR count). The Morgan fingerprint density at radius 2 is 1.89 bits per heavy atom. The van der Waals surface area contributed by atoms with Crippen molar-refractivity contribution in [2.45, 2.75) is 39.4 Å². The summed E-state index contributed by atoms with van der Waals surface area (Å²) in [7, 11) is 0. The van der Waals surface area contributed by atoms with Gasteiger partial charge in [-0.3, -0.25) is 0 Å². The van der Waals surface area contributed by atoms with Crippen molar-refractivity contribution in [1.82, 2.24) is 14.5 Å². The van der Waals surface area contributed by atoms with Crippen LogP contribution in [0.15, 0.2) is 12.1 Å². The monoisotopic (exact) mass is 257 g/mol. The van der Waals surface area contributed by atoms with E-state index in [1.54, 1.807) is 19.1 Å². The first-order valence-electron chi connectivity index (χ1n) is 5.68. The fourth-order valence-electron chi connectivity index (χ4n) is 1.82. The number of aryl methyl sites for hydroxylation is 1. The lowest BCUT2D eigenvalue weighted by Gasteiger charge is -2.10. The average molecular weight is 257 g/mol. The van der Waals surface area contributed by atoms with Gasteiger partial charge in [-0.15, -0.1) is 0 Å². The summed E-state index contributed by atoms with van der Waals surface area (Å²) < 4.78 is 38.6. The second kappa shape index (κ2) is 4.26. The molecule has 0 aromatic carbocycles. The van der Waals surface area contributed by atoms with Gasteiger partial charge < -0.3 is 4.57 Å². The van der Waals surface area contributed by atoms with Crippen LogP contribution in [0.3, 0.4) is 0 Å². The van der Waals surface area contributed by atoms with Crippen LogP contribution in [0.1, 0.15) is 31.3 Å². The summed E-state index contributed by atoms with van der Waals surface area (Å²) in [5, 5.41) is 0. The number of rotatable bonds is 2. The predicted octanol–water partition coefficient (Wildman–Crippen LogP) is 3.43. The molecule has 0 bridgehead atoms. The van der Waals surface area contributed by atoms with E-state index in [0.29, 0.717) is 17.0 Å². The minimum atomic E-state index is -4.27. The number of alkyl halides is 3. The molecule has 0 spiro atoms. The smallest absolute Gasteiger partial charge is 0.304 e. The Balaban J connectivity index is 2.57. The molecule has 2 aromatic heterocycles. The molecule has 0 saturated carbocycles. The zero-order valence-electron chi connectivity index (χ0n) is 10.4. The normalized spacial score (nSPS) is 12.6. The van der Waals surface area contributed by atoms with E-state index < -0.39 is 12.7 Å². The van der Waals surface area contributed by atoms with Gasteiger partial charge in [-0.25, -0.2) is 9.97 Å². The minimum absolute atomic E-state index is 0.170. The van der Waals surface area contributed by atoms with Gasteiger partial charge in [0.15, 0.2) is 5.65 Å². The molecule has 0 aliphatic carbocycles. The Morgan fingerprint density at radius 3 is 2.44 bits per heavy atom. The van der Waals surface area contributed by atoms with Crippen molar-refractivity contribution in [3.63, 3.8) is 0 Å². The fraction of sp³-hybridized carbons (Fsp3) is 0.500. The van der Waals surface area contributed by atoms with E-state index >= 15 is 0 Å². The lowest BCUT2D eigenvalue weighted by atomic mass is 10.1. The van der Waals surface area contributed by atoms with Crippen molar-refractivity contribution in [3.8, 4) is 0 Å². The third-order valence-electron chi connectivity index (χ3n) is 2.73. The Bertz CT molecular complexity index is 570. The molecule has 2 heterocycles. The fourth-order valence-corrected chi connectivity index (χ4v) is 1.82. The van der Waals surface area contributed by atoms with E-state index in [2.05, 4.69) is 9.97 Å². The van der Waals surface area contributed by atoms with E-state index in [1.807, 2.05) is 13.8 Å². The molecule has 0 N–H and O–H groups in total. The second-order valence-electron chi connectivity index (χ2n) is 4.59. The van der Waals surface area contributed by atoms with Crippen LogP contribution >= 0.6 is 0 Å². The van der Waals surface area contributed by atoms with Crippen LogP contribution in [-0.4, -0.2) is 20.7 Å². The van der Waals surface area contributed by atoms with Gasteiger partial charge >= 0.3 is 6.18 Å². The maximum Gasteiger partial charge on any atom is 0.406 e. The molecule has 0 aliphatic rings.